The second-order valence-corrected chi connectivity index (χ2v) is 7.52. The van der Waals surface area contributed by atoms with Gasteiger partial charge in [-0.25, -0.2) is 13.4 Å². The molecule has 9 nitrogen and oxygen atoms in total. The van der Waals surface area contributed by atoms with Crippen LogP contribution in [0.3, 0.4) is 0 Å². The number of anilines is 1. The van der Waals surface area contributed by atoms with Gasteiger partial charge in [0.05, 0.1) is 10.6 Å². The largest absolute Gasteiger partial charge is 0.270 e. The van der Waals surface area contributed by atoms with Crippen molar-refractivity contribution < 1.29 is 13.3 Å². The topological polar surface area (TPSA) is 118 Å². The van der Waals surface area contributed by atoms with E-state index in [2.05, 4.69) is 15.5 Å². The van der Waals surface area contributed by atoms with Crippen molar-refractivity contribution in [3.63, 3.8) is 0 Å². The van der Waals surface area contributed by atoms with Crippen LogP contribution >= 0.6 is 0 Å². The summed E-state index contributed by atoms with van der Waals surface area (Å²) in [6.45, 7) is 6.01. The van der Waals surface area contributed by atoms with Crippen LogP contribution in [0.4, 0.5) is 11.5 Å². The van der Waals surface area contributed by atoms with E-state index < -0.39 is 14.9 Å². The Kier molecular flexibility index (Phi) is 6.59. The molecule has 10 heteroatoms. The number of pyridine rings is 1. The first-order chi connectivity index (χ1) is 12.8. The summed E-state index contributed by atoms with van der Waals surface area (Å²) < 4.78 is 26.2. The molecule has 0 fully saturated rings. The monoisotopic (exact) mass is 391 g/mol. The van der Waals surface area contributed by atoms with Crippen LogP contribution in [0.1, 0.15) is 26.3 Å². The predicted octanol–water partition coefficient (Wildman–Crippen LogP) is 2.86. The van der Waals surface area contributed by atoms with Crippen molar-refractivity contribution in [1.29, 1.82) is 0 Å². The molecule has 0 amide bonds. The minimum absolute atomic E-state index is 0.0221. The summed E-state index contributed by atoms with van der Waals surface area (Å²) in [5.41, 5.74) is 3.83. The van der Waals surface area contributed by atoms with E-state index in [1.807, 2.05) is 0 Å². The molecule has 144 valence electrons. The molecule has 1 aromatic carbocycles. The average Bonchev–Trinajstić information content (AvgIpc) is 2.67. The second-order valence-electron chi connectivity index (χ2n) is 5.58. The lowest BCUT2D eigenvalue weighted by atomic mass is 10.1. The summed E-state index contributed by atoms with van der Waals surface area (Å²) in [4.78, 5) is 14.6. The zero-order valence-corrected chi connectivity index (χ0v) is 16.1. The fourth-order valence-corrected chi connectivity index (χ4v) is 3.77. The van der Waals surface area contributed by atoms with Gasteiger partial charge in [-0.2, -0.15) is 9.41 Å². The maximum atomic E-state index is 12.4. The molecule has 0 unspecified atom stereocenters. The van der Waals surface area contributed by atoms with Crippen molar-refractivity contribution in [2.45, 2.75) is 25.7 Å². The number of hydrogen-bond acceptors (Lipinski definition) is 7. The highest BCUT2D eigenvalue weighted by molar-refractivity contribution is 7.89. The van der Waals surface area contributed by atoms with E-state index in [-0.39, 0.29) is 10.6 Å². The van der Waals surface area contributed by atoms with Gasteiger partial charge in [-0.15, -0.1) is 0 Å². The van der Waals surface area contributed by atoms with Gasteiger partial charge in [-0.3, -0.25) is 15.5 Å². The Morgan fingerprint density at radius 3 is 2.52 bits per heavy atom. The van der Waals surface area contributed by atoms with Gasteiger partial charge in [0.25, 0.3) is 5.69 Å². The Labute approximate surface area is 157 Å². The molecular formula is C17H21N5O4S. The molecule has 0 aliphatic rings. The summed E-state index contributed by atoms with van der Waals surface area (Å²) in [6.07, 6.45) is 1.27. The average molecular weight is 391 g/mol. The Balaban J connectivity index is 2.16. The highest BCUT2D eigenvalue weighted by Crippen LogP contribution is 2.17. The SMILES string of the molecule is CCN(CC)S(=O)(=O)c1ccc(N/N=C(\C)c2cccc([N+](=O)[O-])c2)nc1. The van der Waals surface area contributed by atoms with Crippen molar-refractivity contribution in [3.05, 3.63) is 58.3 Å². The third kappa shape index (κ3) is 4.86. The van der Waals surface area contributed by atoms with Gasteiger partial charge < -0.3 is 0 Å². The number of hydrazone groups is 1. The number of benzene rings is 1. The highest BCUT2D eigenvalue weighted by atomic mass is 32.2. The van der Waals surface area contributed by atoms with Gasteiger partial charge >= 0.3 is 0 Å². The van der Waals surface area contributed by atoms with E-state index in [1.165, 1.54) is 34.8 Å². The van der Waals surface area contributed by atoms with Crippen molar-refractivity contribution >= 4 is 27.2 Å². The third-order valence-corrected chi connectivity index (χ3v) is 5.93. The fraction of sp³-hybridized carbons (Fsp3) is 0.294. The number of non-ortho nitro benzene ring substituents is 1. The number of nitro groups is 1. The Morgan fingerprint density at radius 2 is 1.96 bits per heavy atom. The van der Waals surface area contributed by atoms with Gasteiger partial charge in [0, 0.05) is 37.0 Å². The Bertz CT molecular complexity index is 938. The summed E-state index contributed by atoms with van der Waals surface area (Å²) in [5.74, 6) is 0.360. The van der Waals surface area contributed by atoms with Gasteiger partial charge in [-0.05, 0) is 19.1 Å². The summed E-state index contributed by atoms with van der Waals surface area (Å²) in [5, 5.41) is 15.0. The summed E-state index contributed by atoms with van der Waals surface area (Å²) >= 11 is 0. The van der Waals surface area contributed by atoms with Crippen LogP contribution in [-0.2, 0) is 10.0 Å². The molecule has 1 N–H and O–H groups in total. The lowest BCUT2D eigenvalue weighted by molar-refractivity contribution is -0.384. The third-order valence-electron chi connectivity index (χ3n) is 3.89. The summed E-state index contributed by atoms with van der Waals surface area (Å²) in [7, 11) is -3.56. The number of rotatable bonds is 8. The van der Waals surface area contributed by atoms with Gasteiger partial charge in [0.15, 0.2) is 0 Å². The van der Waals surface area contributed by atoms with Crippen molar-refractivity contribution in [2.75, 3.05) is 18.5 Å². The molecule has 0 bridgehead atoms. The van der Waals surface area contributed by atoms with E-state index in [4.69, 9.17) is 0 Å². The van der Waals surface area contributed by atoms with E-state index in [0.29, 0.717) is 30.2 Å². The quantitative estimate of drug-likeness (QED) is 0.420. The van der Waals surface area contributed by atoms with Crippen LogP contribution in [0.5, 0.6) is 0 Å². The number of nitrogens with zero attached hydrogens (tertiary/aromatic N) is 4. The van der Waals surface area contributed by atoms with Crippen molar-refractivity contribution in [2.24, 2.45) is 5.10 Å². The van der Waals surface area contributed by atoms with Crippen LogP contribution in [0, 0.1) is 10.1 Å². The number of hydrogen-bond donors (Lipinski definition) is 1. The molecule has 1 heterocycles. The molecule has 27 heavy (non-hydrogen) atoms. The first kappa shape index (κ1) is 20.5. The lowest BCUT2D eigenvalue weighted by Crippen LogP contribution is -2.30. The molecule has 0 atom stereocenters. The van der Waals surface area contributed by atoms with E-state index in [1.54, 1.807) is 32.9 Å². The van der Waals surface area contributed by atoms with E-state index in [0.717, 1.165) is 0 Å². The van der Waals surface area contributed by atoms with Gasteiger partial charge in [-0.1, -0.05) is 26.0 Å². The molecule has 2 rings (SSSR count). The Hall–Kier alpha value is -2.85. The molecule has 0 radical (unpaired) electrons. The standard InChI is InChI=1S/C17H21N5O4S/c1-4-21(5-2)27(25,26)16-9-10-17(18-12-16)20-19-13(3)14-7-6-8-15(11-14)22(23)24/h6-12H,4-5H2,1-3H3,(H,18,20)/b19-13+. The molecule has 0 aliphatic carbocycles. The van der Waals surface area contributed by atoms with Crippen LogP contribution in [0.2, 0.25) is 0 Å². The number of sulfonamides is 1. The van der Waals surface area contributed by atoms with Gasteiger partial charge in [0.1, 0.15) is 10.7 Å². The van der Waals surface area contributed by atoms with Crippen LogP contribution in [0.25, 0.3) is 0 Å². The first-order valence-corrected chi connectivity index (χ1v) is 9.75. The van der Waals surface area contributed by atoms with Crippen LogP contribution in [-0.4, -0.2) is 41.4 Å². The first-order valence-electron chi connectivity index (χ1n) is 8.31. The fourth-order valence-electron chi connectivity index (χ4n) is 2.36. The van der Waals surface area contributed by atoms with Crippen LogP contribution < -0.4 is 5.43 Å². The van der Waals surface area contributed by atoms with Crippen LogP contribution in [0.15, 0.2) is 52.6 Å². The highest BCUT2D eigenvalue weighted by Gasteiger charge is 2.21. The molecule has 0 aliphatic heterocycles. The molecule has 2 aromatic rings. The maximum absolute atomic E-state index is 12.4. The van der Waals surface area contributed by atoms with Crippen molar-refractivity contribution in [1.82, 2.24) is 9.29 Å². The van der Waals surface area contributed by atoms with E-state index >= 15 is 0 Å². The number of aromatic nitrogens is 1. The lowest BCUT2D eigenvalue weighted by Gasteiger charge is -2.18. The number of nitro benzene ring substituents is 1. The minimum atomic E-state index is -3.56. The minimum Gasteiger partial charge on any atom is -0.261 e. The summed E-state index contributed by atoms with van der Waals surface area (Å²) in [6, 6.07) is 9.09. The molecular weight excluding hydrogens is 370 g/mol. The molecule has 0 spiro atoms. The second kappa shape index (κ2) is 8.69. The van der Waals surface area contributed by atoms with Gasteiger partial charge in [0.2, 0.25) is 10.0 Å². The smallest absolute Gasteiger partial charge is 0.261 e. The molecule has 0 saturated heterocycles. The van der Waals surface area contributed by atoms with E-state index in [9.17, 15) is 18.5 Å². The maximum Gasteiger partial charge on any atom is 0.270 e. The normalized spacial score (nSPS) is 12.2. The predicted molar refractivity (Wildman–Crippen MR) is 103 cm³/mol. The Morgan fingerprint density at radius 1 is 1.26 bits per heavy atom. The zero-order chi connectivity index (χ0) is 20.0. The zero-order valence-electron chi connectivity index (χ0n) is 15.3. The number of nitrogens with one attached hydrogen (secondary N) is 1. The molecule has 0 saturated carbocycles. The molecule has 1 aromatic heterocycles. The van der Waals surface area contributed by atoms with Crippen molar-refractivity contribution in [3.8, 4) is 0 Å².